The van der Waals surface area contributed by atoms with Gasteiger partial charge in [0.25, 0.3) is 5.91 Å². The number of thioether (sulfide) groups is 1. The highest BCUT2D eigenvalue weighted by Crippen LogP contribution is 2.56. The minimum Gasteiger partial charge on any atom is -0.450 e. The van der Waals surface area contributed by atoms with Crippen molar-refractivity contribution >= 4 is 52.5 Å². The maximum atomic E-state index is 13.3. The van der Waals surface area contributed by atoms with Crippen LogP contribution in [0.5, 0.6) is 0 Å². The molecule has 2 atom stereocenters. The molecule has 1 N–H and O–H groups in total. The number of hydrogen-bond acceptors (Lipinski definition) is 6. The normalized spacial score (nSPS) is 22.4. The van der Waals surface area contributed by atoms with Crippen molar-refractivity contribution in [1.29, 1.82) is 0 Å². The lowest BCUT2D eigenvalue weighted by molar-refractivity contribution is -0.156. The zero-order valence-corrected chi connectivity index (χ0v) is 17.5. The molecule has 0 saturated carbocycles. The molecule has 5 rings (SSSR count). The number of hydrogen-bond donors (Lipinski definition) is 1. The second-order valence-electron chi connectivity index (χ2n) is 7.62. The summed E-state index contributed by atoms with van der Waals surface area (Å²) in [6.07, 6.45) is -0.583. The molecule has 2 unspecified atom stereocenters. The molecule has 0 bridgehead atoms. The van der Waals surface area contributed by atoms with Crippen LogP contribution in [-0.2, 0) is 23.9 Å². The van der Waals surface area contributed by atoms with E-state index in [0.717, 1.165) is 4.90 Å². The minimum atomic E-state index is -1.20. The predicted octanol–water partition coefficient (Wildman–Crippen LogP) is 2.53. The molecule has 0 radical (unpaired) electrons. The number of carbonyl (C=O) groups excluding carboxylic acids is 4. The lowest BCUT2D eigenvalue weighted by Crippen LogP contribution is -2.51. The number of nitrogens with one attached hydrogen (secondary N) is 1. The summed E-state index contributed by atoms with van der Waals surface area (Å²) in [5, 5.41) is 2.73. The van der Waals surface area contributed by atoms with Crippen LogP contribution in [0.4, 0.5) is 17.1 Å². The second-order valence-corrected chi connectivity index (χ2v) is 8.94. The van der Waals surface area contributed by atoms with E-state index in [9.17, 15) is 19.2 Å². The Morgan fingerprint density at radius 3 is 2.61 bits per heavy atom. The van der Waals surface area contributed by atoms with Gasteiger partial charge in [-0.2, -0.15) is 0 Å². The van der Waals surface area contributed by atoms with E-state index in [-0.39, 0.29) is 24.8 Å². The van der Waals surface area contributed by atoms with Gasteiger partial charge in [-0.25, -0.2) is 4.79 Å². The fraction of sp³-hybridized carbons (Fsp3) is 0.273. The Hall–Kier alpha value is -3.33. The number of amides is 3. The second kappa shape index (κ2) is 7.12. The van der Waals surface area contributed by atoms with Crippen LogP contribution in [0.15, 0.2) is 53.4 Å². The summed E-state index contributed by atoms with van der Waals surface area (Å²) in [7, 11) is 0. The fourth-order valence-corrected chi connectivity index (χ4v) is 5.63. The van der Waals surface area contributed by atoms with Gasteiger partial charge in [0.1, 0.15) is 6.54 Å². The molecule has 31 heavy (non-hydrogen) atoms. The Balaban J connectivity index is 1.38. The maximum absolute atomic E-state index is 13.3. The van der Waals surface area contributed by atoms with Crippen molar-refractivity contribution in [3.05, 3.63) is 48.5 Å². The highest BCUT2D eigenvalue weighted by Gasteiger charge is 2.59. The van der Waals surface area contributed by atoms with Crippen LogP contribution in [0.25, 0.3) is 0 Å². The quantitative estimate of drug-likeness (QED) is 0.742. The van der Waals surface area contributed by atoms with E-state index in [4.69, 9.17) is 4.74 Å². The van der Waals surface area contributed by atoms with Gasteiger partial charge >= 0.3 is 5.97 Å². The highest BCUT2D eigenvalue weighted by atomic mass is 32.2. The van der Waals surface area contributed by atoms with Gasteiger partial charge in [0.15, 0.2) is 11.0 Å². The average molecular weight is 437 g/mol. The summed E-state index contributed by atoms with van der Waals surface area (Å²) in [4.78, 5) is 53.4. The fourth-order valence-electron chi connectivity index (χ4n) is 4.22. The van der Waals surface area contributed by atoms with Crippen molar-refractivity contribution < 1.29 is 23.9 Å². The first-order valence-corrected chi connectivity index (χ1v) is 10.7. The first-order chi connectivity index (χ1) is 14.9. The van der Waals surface area contributed by atoms with Gasteiger partial charge in [-0.1, -0.05) is 36.0 Å². The molecular weight excluding hydrogens is 418 g/mol. The molecule has 1 fully saturated rings. The van der Waals surface area contributed by atoms with E-state index in [0.29, 0.717) is 23.5 Å². The number of ether oxygens (including phenoxy) is 1. The number of rotatable bonds is 3. The Kier molecular flexibility index (Phi) is 4.51. The molecule has 158 valence electrons. The van der Waals surface area contributed by atoms with Crippen LogP contribution in [0.2, 0.25) is 0 Å². The van der Waals surface area contributed by atoms with Gasteiger partial charge in [0, 0.05) is 17.7 Å². The molecule has 3 heterocycles. The zero-order chi connectivity index (χ0) is 21.8. The molecule has 0 spiro atoms. The largest absolute Gasteiger partial charge is 0.450 e. The topological polar surface area (TPSA) is 96.0 Å². The van der Waals surface area contributed by atoms with Crippen molar-refractivity contribution in [2.45, 2.75) is 35.6 Å². The highest BCUT2D eigenvalue weighted by molar-refractivity contribution is 8.02. The maximum Gasteiger partial charge on any atom is 0.344 e. The number of anilines is 3. The Morgan fingerprint density at radius 2 is 1.81 bits per heavy atom. The van der Waals surface area contributed by atoms with Gasteiger partial charge in [0.2, 0.25) is 11.8 Å². The number of benzene rings is 2. The molecule has 8 nitrogen and oxygen atoms in total. The number of nitrogens with zero attached hydrogens (tertiary/aromatic N) is 2. The Bertz CT molecular complexity index is 1140. The Labute approximate surface area is 182 Å². The third-order valence-corrected chi connectivity index (χ3v) is 7.12. The van der Waals surface area contributed by atoms with Crippen LogP contribution in [0.1, 0.15) is 19.8 Å². The predicted molar refractivity (Wildman–Crippen MR) is 115 cm³/mol. The Morgan fingerprint density at radius 1 is 1.10 bits per heavy atom. The first-order valence-electron chi connectivity index (χ1n) is 9.93. The summed E-state index contributed by atoms with van der Waals surface area (Å²) in [6, 6.07) is 14.3. The van der Waals surface area contributed by atoms with E-state index in [1.807, 2.05) is 18.2 Å². The number of para-hydroxylation sites is 3. The molecule has 1 saturated heterocycles. The molecule has 0 aliphatic carbocycles. The summed E-state index contributed by atoms with van der Waals surface area (Å²) < 4.78 is 5.61. The zero-order valence-electron chi connectivity index (χ0n) is 16.7. The van der Waals surface area contributed by atoms with Gasteiger partial charge in [0.05, 0.1) is 17.1 Å². The molecule has 3 aliphatic heterocycles. The van der Waals surface area contributed by atoms with Crippen LogP contribution in [0.3, 0.4) is 0 Å². The minimum absolute atomic E-state index is 0.144. The molecule has 2 aromatic carbocycles. The van der Waals surface area contributed by atoms with Crippen molar-refractivity contribution in [3.63, 3.8) is 0 Å². The van der Waals surface area contributed by atoms with E-state index >= 15 is 0 Å². The smallest absolute Gasteiger partial charge is 0.344 e. The lowest BCUT2D eigenvalue weighted by atomic mass is 10.1. The van der Waals surface area contributed by atoms with E-state index in [2.05, 4.69) is 5.32 Å². The lowest BCUT2D eigenvalue weighted by Gasteiger charge is -2.33. The standard InChI is InChI=1S/C22H19N3O5S/c1-13(20(28)24-12-18(26)23-14-6-2-3-7-15(14)24)30-21(29)22-11-10-19(27)25(22)16-8-4-5-9-17(16)31-22/h2-9,13H,10-12H2,1H3,(H,23,26). The van der Waals surface area contributed by atoms with Crippen molar-refractivity contribution in [2.24, 2.45) is 0 Å². The van der Waals surface area contributed by atoms with Gasteiger partial charge in [-0.05, 0) is 31.2 Å². The van der Waals surface area contributed by atoms with E-state index in [1.54, 1.807) is 30.3 Å². The van der Waals surface area contributed by atoms with Crippen molar-refractivity contribution in [3.8, 4) is 0 Å². The van der Waals surface area contributed by atoms with Crippen LogP contribution in [0, 0.1) is 0 Å². The molecular formula is C22H19N3O5S. The molecule has 3 aliphatic rings. The van der Waals surface area contributed by atoms with Crippen molar-refractivity contribution in [2.75, 3.05) is 21.7 Å². The SMILES string of the molecule is CC(OC(=O)C12CCC(=O)N1c1ccccc1S2)C(=O)N1CC(=O)Nc2ccccc21. The van der Waals surface area contributed by atoms with Crippen LogP contribution < -0.4 is 15.1 Å². The van der Waals surface area contributed by atoms with E-state index in [1.165, 1.54) is 28.5 Å². The monoisotopic (exact) mass is 437 g/mol. The van der Waals surface area contributed by atoms with Gasteiger partial charge in [-0.15, -0.1) is 0 Å². The van der Waals surface area contributed by atoms with Gasteiger partial charge < -0.3 is 10.1 Å². The third-order valence-electron chi connectivity index (χ3n) is 5.66. The summed E-state index contributed by atoms with van der Waals surface area (Å²) in [5.74, 6) is -1.59. The molecule has 0 aromatic heterocycles. The first kappa shape index (κ1) is 19.6. The third kappa shape index (κ3) is 2.99. The number of esters is 1. The molecule has 3 amide bonds. The van der Waals surface area contributed by atoms with Crippen molar-refractivity contribution in [1.82, 2.24) is 0 Å². The summed E-state index contributed by atoms with van der Waals surface area (Å²) >= 11 is 1.29. The van der Waals surface area contributed by atoms with Crippen LogP contribution >= 0.6 is 11.8 Å². The van der Waals surface area contributed by atoms with Crippen LogP contribution in [-0.4, -0.2) is 41.2 Å². The summed E-state index contributed by atoms with van der Waals surface area (Å²) in [6.45, 7) is 1.33. The summed E-state index contributed by atoms with van der Waals surface area (Å²) in [5.41, 5.74) is 1.76. The van der Waals surface area contributed by atoms with Gasteiger partial charge in [-0.3, -0.25) is 24.2 Å². The number of fused-ring (bicyclic) bond motifs is 4. The average Bonchev–Trinajstić information content (AvgIpc) is 3.28. The molecule has 2 aromatic rings. The number of carbonyl (C=O) groups is 4. The van der Waals surface area contributed by atoms with E-state index < -0.39 is 22.9 Å². The molecule has 9 heteroatoms.